The molecule has 3 atom stereocenters. The van der Waals surface area contributed by atoms with Gasteiger partial charge in [0.15, 0.2) is 0 Å². The van der Waals surface area contributed by atoms with Gasteiger partial charge in [-0.05, 0) is 48.4 Å². The lowest BCUT2D eigenvalue weighted by Gasteiger charge is -2.49. The molecule has 3 heteroatoms. The maximum Gasteiger partial charge on any atom is 0.115 e. The second-order valence-corrected chi connectivity index (χ2v) is 7.25. The summed E-state index contributed by atoms with van der Waals surface area (Å²) in [6, 6.07) is 6.49. The van der Waals surface area contributed by atoms with Crippen molar-refractivity contribution in [2.75, 3.05) is 20.3 Å². The van der Waals surface area contributed by atoms with Gasteiger partial charge in [0.05, 0.1) is 6.61 Å². The molecule has 0 radical (unpaired) electrons. The van der Waals surface area contributed by atoms with E-state index in [0.29, 0.717) is 17.7 Å². The van der Waals surface area contributed by atoms with Crippen LogP contribution in [0.4, 0.5) is 0 Å². The van der Waals surface area contributed by atoms with Gasteiger partial charge in [0.25, 0.3) is 0 Å². The van der Waals surface area contributed by atoms with Gasteiger partial charge in [-0.1, -0.05) is 32.3 Å². The van der Waals surface area contributed by atoms with Gasteiger partial charge in [0, 0.05) is 25.1 Å². The zero-order valence-electron chi connectivity index (χ0n) is 13.9. The minimum absolute atomic E-state index is 0.116. The fourth-order valence-electron chi connectivity index (χ4n) is 4.71. The Morgan fingerprint density at radius 3 is 3.00 bits per heavy atom. The number of phenols is 1. The number of fused-ring (bicyclic) bond motifs is 4. The summed E-state index contributed by atoms with van der Waals surface area (Å²) >= 11 is 0. The first-order chi connectivity index (χ1) is 10.6. The normalized spacial score (nSPS) is 31.2. The number of benzene rings is 1. The lowest BCUT2D eigenvalue weighted by molar-refractivity contribution is 0.143. The highest BCUT2D eigenvalue weighted by Gasteiger charge is 2.45. The fourth-order valence-corrected chi connectivity index (χ4v) is 4.71. The molecule has 122 valence electrons. The molecule has 0 heterocycles. The maximum absolute atomic E-state index is 9.99. The van der Waals surface area contributed by atoms with Crippen molar-refractivity contribution in [3.8, 4) is 5.75 Å². The van der Waals surface area contributed by atoms with Crippen LogP contribution in [0, 0.1) is 5.92 Å². The van der Waals surface area contributed by atoms with E-state index < -0.39 is 0 Å². The van der Waals surface area contributed by atoms with Crippen LogP contribution in [0.15, 0.2) is 18.2 Å². The molecular weight excluding hydrogens is 274 g/mol. The molecule has 0 spiro atoms. The van der Waals surface area contributed by atoms with Gasteiger partial charge in [-0.2, -0.15) is 0 Å². The van der Waals surface area contributed by atoms with Crippen molar-refractivity contribution >= 4 is 0 Å². The van der Waals surface area contributed by atoms with E-state index >= 15 is 0 Å². The number of ether oxygens (including phenoxy) is 1. The van der Waals surface area contributed by atoms with Crippen molar-refractivity contribution < 1.29 is 9.84 Å². The van der Waals surface area contributed by atoms with Crippen molar-refractivity contribution in [3.63, 3.8) is 0 Å². The van der Waals surface area contributed by atoms with Gasteiger partial charge in [0.1, 0.15) is 5.75 Å². The average molecular weight is 303 g/mol. The van der Waals surface area contributed by atoms with Crippen molar-refractivity contribution in [1.29, 1.82) is 0 Å². The van der Waals surface area contributed by atoms with E-state index in [1.165, 1.54) is 43.2 Å². The van der Waals surface area contributed by atoms with Crippen molar-refractivity contribution in [1.82, 2.24) is 5.32 Å². The summed E-state index contributed by atoms with van der Waals surface area (Å²) in [5, 5.41) is 13.8. The van der Waals surface area contributed by atoms with Gasteiger partial charge in [-0.15, -0.1) is 0 Å². The van der Waals surface area contributed by atoms with Crippen LogP contribution in [0.3, 0.4) is 0 Å². The summed E-state index contributed by atoms with van der Waals surface area (Å²) in [5.74, 6) is 1.09. The summed E-state index contributed by atoms with van der Waals surface area (Å²) in [7, 11) is 1.76. The Morgan fingerprint density at radius 2 is 2.18 bits per heavy atom. The lowest BCUT2D eigenvalue weighted by Crippen LogP contribution is -2.55. The number of rotatable bonds is 4. The fraction of sp³-hybridized carbons (Fsp3) is 0.684. The standard InChI is InChI=1S/C19H29NO2/c1-19-9-5-3-4-6-15(18(19)20-10-11-22-2)12-14-7-8-16(21)13-17(14)19/h7-8,13,15,18,20-21H,3-6,9-12H2,1-2H3/t15-,18-,19+/m0/s1. The molecule has 2 bridgehead atoms. The molecular formula is C19H29NO2. The van der Waals surface area contributed by atoms with Gasteiger partial charge in [0.2, 0.25) is 0 Å². The molecule has 1 fully saturated rings. The quantitative estimate of drug-likeness (QED) is 0.838. The third-order valence-corrected chi connectivity index (χ3v) is 5.79. The Labute approximate surface area is 134 Å². The topological polar surface area (TPSA) is 41.5 Å². The van der Waals surface area contributed by atoms with Crippen LogP contribution in [-0.2, 0) is 16.6 Å². The smallest absolute Gasteiger partial charge is 0.115 e. The summed E-state index contributed by atoms with van der Waals surface area (Å²) in [4.78, 5) is 0. The van der Waals surface area contributed by atoms with E-state index in [2.05, 4.69) is 18.3 Å². The highest BCUT2D eigenvalue weighted by molar-refractivity contribution is 5.44. The number of hydrogen-bond acceptors (Lipinski definition) is 3. The third kappa shape index (κ3) is 2.89. The van der Waals surface area contributed by atoms with E-state index in [0.717, 1.165) is 19.6 Å². The van der Waals surface area contributed by atoms with Crippen molar-refractivity contribution in [2.24, 2.45) is 5.92 Å². The molecule has 0 amide bonds. The Kier molecular flexibility index (Phi) is 4.74. The Hall–Kier alpha value is -1.06. The number of hydrogen-bond donors (Lipinski definition) is 2. The molecule has 3 rings (SSSR count). The maximum atomic E-state index is 9.99. The second-order valence-electron chi connectivity index (χ2n) is 7.25. The number of phenolic OH excluding ortho intramolecular Hbond substituents is 1. The number of methoxy groups -OCH3 is 1. The predicted molar refractivity (Wildman–Crippen MR) is 89.4 cm³/mol. The molecule has 0 unspecified atom stereocenters. The van der Waals surface area contributed by atoms with E-state index in [4.69, 9.17) is 4.74 Å². The SMILES string of the molecule is COCCN[C@H]1[C@H]2CCCCC[C@]1(C)c1cc(O)ccc1C2. The molecule has 22 heavy (non-hydrogen) atoms. The summed E-state index contributed by atoms with van der Waals surface area (Å²) in [6.45, 7) is 4.06. The summed E-state index contributed by atoms with van der Waals surface area (Å²) in [6.07, 6.45) is 7.60. The van der Waals surface area contributed by atoms with Crippen LogP contribution in [-0.4, -0.2) is 31.4 Å². The predicted octanol–water partition coefficient (Wildman–Crippen LogP) is 3.39. The first kappa shape index (κ1) is 15.8. The molecule has 0 aromatic heterocycles. The number of nitrogens with one attached hydrogen (secondary N) is 1. The molecule has 3 nitrogen and oxygen atoms in total. The van der Waals surface area contributed by atoms with Crippen molar-refractivity contribution in [3.05, 3.63) is 29.3 Å². The lowest BCUT2D eigenvalue weighted by atomic mass is 9.59. The molecule has 2 aliphatic carbocycles. The minimum atomic E-state index is 0.116. The monoisotopic (exact) mass is 303 g/mol. The van der Waals surface area contributed by atoms with Gasteiger partial charge >= 0.3 is 0 Å². The Balaban J connectivity index is 1.97. The minimum Gasteiger partial charge on any atom is -0.508 e. The largest absolute Gasteiger partial charge is 0.508 e. The van der Waals surface area contributed by atoms with Crippen LogP contribution in [0.25, 0.3) is 0 Å². The zero-order chi connectivity index (χ0) is 15.6. The summed E-state index contributed by atoms with van der Waals surface area (Å²) < 4.78 is 5.23. The van der Waals surface area contributed by atoms with Crippen molar-refractivity contribution in [2.45, 2.75) is 56.9 Å². The Morgan fingerprint density at radius 1 is 1.32 bits per heavy atom. The third-order valence-electron chi connectivity index (χ3n) is 5.79. The Bertz CT molecular complexity index is 516. The molecule has 0 saturated heterocycles. The van der Waals surface area contributed by atoms with Crippen LogP contribution in [0.1, 0.15) is 50.2 Å². The van der Waals surface area contributed by atoms with Gasteiger partial charge in [-0.3, -0.25) is 0 Å². The second kappa shape index (κ2) is 6.59. The molecule has 2 aliphatic rings. The first-order valence-electron chi connectivity index (χ1n) is 8.70. The van der Waals surface area contributed by atoms with E-state index in [-0.39, 0.29) is 5.41 Å². The molecule has 1 aromatic carbocycles. The van der Waals surface area contributed by atoms with Gasteiger partial charge < -0.3 is 15.2 Å². The van der Waals surface area contributed by atoms with Crippen LogP contribution in [0.5, 0.6) is 5.75 Å². The molecule has 1 aromatic rings. The zero-order valence-corrected chi connectivity index (χ0v) is 13.9. The van der Waals surface area contributed by atoms with E-state index in [1.54, 1.807) is 7.11 Å². The average Bonchev–Trinajstić information content (AvgIpc) is 2.50. The first-order valence-corrected chi connectivity index (χ1v) is 8.70. The van der Waals surface area contributed by atoms with Crippen LogP contribution < -0.4 is 5.32 Å². The van der Waals surface area contributed by atoms with E-state index in [9.17, 15) is 5.11 Å². The highest BCUT2D eigenvalue weighted by Crippen LogP contribution is 2.47. The van der Waals surface area contributed by atoms with Crippen LogP contribution >= 0.6 is 0 Å². The highest BCUT2D eigenvalue weighted by atomic mass is 16.5. The summed E-state index contributed by atoms with van der Waals surface area (Å²) in [5.41, 5.74) is 2.92. The van der Waals surface area contributed by atoms with Gasteiger partial charge in [-0.25, -0.2) is 0 Å². The molecule has 2 N–H and O–H groups in total. The molecule has 1 saturated carbocycles. The van der Waals surface area contributed by atoms with Crippen LogP contribution in [0.2, 0.25) is 0 Å². The number of aromatic hydroxyl groups is 1. The molecule has 0 aliphatic heterocycles. The van der Waals surface area contributed by atoms with E-state index in [1.807, 2.05) is 12.1 Å².